The number of aryl methyl sites for hydroxylation is 1. The molecule has 4 heteroatoms. The lowest BCUT2D eigenvalue weighted by Crippen LogP contribution is -2.30. The highest BCUT2D eigenvalue weighted by Crippen LogP contribution is 2.57. The van der Waals surface area contributed by atoms with E-state index in [0.29, 0.717) is 0 Å². The van der Waals surface area contributed by atoms with Crippen molar-refractivity contribution >= 4 is 17.1 Å². The zero-order valence-corrected chi connectivity index (χ0v) is 31.2. The van der Waals surface area contributed by atoms with Gasteiger partial charge in [-0.2, -0.15) is 5.10 Å². The minimum Gasteiger partial charge on any atom is -0.310 e. The summed E-state index contributed by atoms with van der Waals surface area (Å²) in [5.74, 6) is 0. The van der Waals surface area contributed by atoms with Gasteiger partial charge in [0.25, 0.3) is 0 Å². The molecule has 5 aromatic carbocycles. The maximum absolute atomic E-state index is 5.16. The second-order valence-corrected chi connectivity index (χ2v) is 16.2. The van der Waals surface area contributed by atoms with E-state index in [1.807, 2.05) is 19.2 Å². The molecule has 0 radical (unpaired) electrons. The number of hydrogen-bond acceptors (Lipinski definition) is 3. The van der Waals surface area contributed by atoms with Crippen molar-refractivity contribution in [3.8, 4) is 22.4 Å². The van der Waals surface area contributed by atoms with Crippen LogP contribution < -0.4 is 4.90 Å². The summed E-state index contributed by atoms with van der Waals surface area (Å²) in [6.07, 6.45) is 1.93. The van der Waals surface area contributed by atoms with Crippen LogP contribution in [0.5, 0.6) is 0 Å². The molecule has 7 aromatic rings. The molecule has 0 amide bonds. The number of pyridine rings is 1. The molecular formula is C48H46N4. The fourth-order valence-electron chi connectivity index (χ4n) is 7.86. The Balaban J connectivity index is 1.40. The Morgan fingerprint density at radius 3 is 1.73 bits per heavy atom. The highest BCUT2D eigenvalue weighted by atomic mass is 15.1. The maximum Gasteiger partial charge on any atom is 0.0924 e. The van der Waals surface area contributed by atoms with E-state index in [1.165, 1.54) is 38.9 Å². The molecule has 1 aliphatic carbocycles. The summed E-state index contributed by atoms with van der Waals surface area (Å²) >= 11 is 0. The van der Waals surface area contributed by atoms with Crippen LogP contribution in [0.4, 0.5) is 17.1 Å². The molecule has 1 aliphatic rings. The van der Waals surface area contributed by atoms with Gasteiger partial charge in [0.15, 0.2) is 0 Å². The zero-order chi connectivity index (χ0) is 36.3. The van der Waals surface area contributed by atoms with Crippen LogP contribution >= 0.6 is 0 Å². The van der Waals surface area contributed by atoms with Crippen LogP contribution in [0.1, 0.15) is 80.7 Å². The topological polar surface area (TPSA) is 44.8 Å². The van der Waals surface area contributed by atoms with Gasteiger partial charge in [-0.05, 0) is 111 Å². The van der Waals surface area contributed by atoms with E-state index >= 15 is 0 Å². The SMILES string of the molecule is Cc1cc(-c2cccc(N(c3ccccc3)c3cccc(C4(c5ccccn5)c5ccc(C(C)(C)C)cc5-c5cc(C(C)(C)C)ccc54)c3)c2)n[nH]1. The van der Waals surface area contributed by atoms with Crippen LogP contribution in [0.2, 0.25) is 0 Å². The van der Waals surface area contributed by atoms with Gasteiger partial charge in [-0.1, -0.05) is 126 Å². The lowest BCUT2D eigenvalue weighted by atomic mass is 9.69. The predicted octanol–water partition coefficient (Wildman–Crippen LogP) is 12.2. The number of aromatic nitrogens is 3. The summed E-state index contributed by atoms with van der Waals surface area (Å²) in [7, 11) is 0. The molecule has 1 N–H and O–H groups in total. The summed E-state index contributed by atoms with van der Waals surface area (Å²) in [6.45, 7) is 15.8. The number of H-pyrrole nitrogens is 1. The number of nitrogens with one attached hydrogen (secondary N) is 1. The average molecular weight is 679 g/mol. The molecule has 0 bridgehead atoms. The minimum atomic E-state index is -0.633. The molecule has 2 heterocycles. The number of benzene rings is 5. The van der Waals surface area contributed by atoms with Gasteiger partial charge in [0, 0.05) is 34.5 Å². The smallest absolute Gasteiger partial charge is 0.0924 e. The van der Waals surface area contributed by atoms with E-state index in [1.54, 1.807) is 0 Å². The third-order valence-electron chi connectivity index (χ3n) is 10.6. The van der Waals surface area contributed by atoms with Gasteiger partial charge in [-0.25, -0.2) is 0 Å². The molecule has 0 saturated heterocycles. The molecule has 0 unspecified atom stereocenters. The second-order valence-electron chi connectivity index (χ2n) is 16.2. The first-order valence-corrected chi connectivity index (χ1v) is 18.2. The van der Waals surface area contributed by atoms with E-state index < -0.39 is 5.41 Å². The molecule has 0 spiro atoms. The quantitative estimate of drug-likeness (QED) is 0.190. The van der Waals surface area contributed by atoms with Gasteiger partial charge in [0.2, 0.25) is 0 Å². The van der Waals surface area contributed by atoms with Crippen molar-refractivity contribution in [2.24, 2.45) is 0 Å². The first kappa shape index (κ1) is 33.4. The molecule has 4 nitrogen and oxygen atoms in total. The van der Waals surface area contributed by atoms with Crippen LogP contribution in [0.3, 0.4) is 0 Å². The van der Waals surface area contributed by atoms with Crippen LogP contribution in [0.25, 0.3) is 22.4 Å². The third-order valence-corrected chi connectivity index (χ3v) is 10.6. The maximum atomic E-state index is 5.16. The summed E-state index contributed by atoms with van der Waals surface area (Å²) in [5.41, 5.74) is 15.6. The summed E-state index contributed by atoms with van der Waals surface area (Å²) in [5, 5.41) is 7.68. The average Bonchev–Trinajstić information content (AvgIpc) is 3.71. The van der Waals surface area contributed by atoms with Crippen molar-refractivity contribution in [2.75, 3.05) is 4.90 Å². The molecule has 258 valence electrons. The van der Waals surface area contributed by atoms with Gasteiger partial charge in [0.1, 0.15) is 0 Å². The molecular weight excluding hydrogens is 633 g/mol. The van der Waals surface area contributed by atoms with Crippen molar-refractivity contribution < 1.29 is 0 Å². The number of hydrogen-bond donors (Lipinski definition) is 1. The van der Waals surface area contributed by atoms with Crippen molar-refractivity contribution in [1.29, 1.82) is 0 Å². The number of rotatable bonds is 6. The van der Waals surface area contributed by atoms with Crippen LogP contribution in [-0.2, 0) is 16.2 Å². The van der Waals surface area contributed by atoms with E-state index in [0.717, 1.165) is 39.7 Å². The highest BCUT2D eigenvalue weighted by molar-refractivity contribution is 5.88. The number of fused-ring (bicyclic) bond motifs is 3. The van der Waals surface area contributed by atoms with E-state index in [4.69, 9.17) is 4.98 Å². The zero-order valence-electron chi connectivity index (χ0n) is 31.2. The van der Waals surface area contributed by atoms with Crippen LogP contribution in [0.15, 0.2) is 146 Å². The van der Waals surface area contributed by atoms with Crippen molar-refractivity contribution in [3.63, 3.8) is 0 Å². The van der Waals surface area contributed by atoms with Crippen molar-refractivity contribution in [1.82, 2.24) is 15.2 Å². The van der Waals surface area contributed by atoms with E-state index in [-0.39, 0.29) is 10.8 Å². The third kappa shape index (κ3) is 5.63. The van der Waals surface area contributed by atoms with Gasteiger partial charge in [-0.15, -0.1) is 0 Å². The first-order valence-electron chi connectivity index (χ1n) is 18.2. The van der Waals surface area contributed by atoms with E-state index in [9.17, 15) is 0 Å². The van der Waals surface area contributed by atoms with Crippen molar-refractivity contribution in [2.45, 2.75) is 64.7 Å². The normalized spacial score (nSPS) is 13.4. The molecule has 0 atom stereocenters. The largest absolute Gasteiger partial charge is 0.310 e. The Morgan fingerprint density at radius 2 is 1.15 bits per heavy atom. The summed E-state index contributed by atoms with van der Waals surface area (Å²) < 4.78 is 0. The molecule has 2 aromatic heterocycles. The Kier molecular flexibility index (Phi) is 8.02. The summed E-state index contributed by atoms with van der Waals surface area (Å²) in [6, 6.07) is 51.1. The van der Waals surface area contributed by atoms with Gasteiger partial charge < -0.3 is 4.90 Å². The minimum absolute atomic E-state index is 0.00628. The monoisotopic (exact) mass is 678 g/mol. The molecule has 0 aliphatic heterocycles. The number of anilines is 3. The number of para-hydroxylation sites is 1. The molecule has 0 saturated carbocycles. The Bertz CT molecular complexity index is 2330. The first-order chi connectivity index (χ1) is 24.9. The number of aromatic amines is 1. The summed E-state index contributed by atoms with van der Waals surface area (Å²) in [4.78, 5) is 7.51. The molecule has 0 fully saturated rings. The Morgan fingerprint density at radius 1 is 0.558 bits per heavy atom. The number of nitrogens with zero attached hydrogens (tertiary/aromatic N) is 3. The second kappa shape index (κ2) is 12.5. The van der Waals surface area contributed by atoms with Gasteiger partial charge in [0.05, 0.1) is 16.8 Å². The molecule has 52 heavy (non-hydrogen) atoms. The van der Waals surface area contributed by atoms with E-state index in [2.05, 4.69) is 190 Å². The fourth-order valence-corrected chi connectivity index (χ4v) is 7.86. The lowest BCUT2D eigenvalue weighted by Gasteiger charge is -2.34. The van der Waals surface area contributed by atoms with Gasteiger partial charge >= 0.3 is 0 Å². The molecule has 8 rings (SSSR count). The lowest BCUT2D eigenvalue weighted by molar-refractivity contribution is 0.589. The fraction of sp³-hybridized carbons (Fsp3) is 0.208. The van der Waals surface area contributed by atoms with Gasteiger partial charge in [-0.3, -0.25) is 10.1 Å². The Labute approximate surface area is 308 Å². The van der Waals surface area contributed by atoms with Crippen molar-refractivity contribution in [3.05, 3.63) is 185 Å². The Hall–Kier alpha value is -5.74. The van der Waals surface area contributed by atoms with Crippen LogP contribution in [0, 0.1) is 6.92 Å². The highest BCUT2D eigenvalue weighted by Gasteiger charge is 2.48. The standard InChI is InChI=1S/C48H46N4/c1-32-27-44(51-50-32)33-15-13-19-38(28-33)52(37-17-9-8-10-18-37)39-20-14-16-36(29-39)48(45-21-11-12-26-49-45)42-24-22-34(46(2,3)4)30-40(42)41-31-35(47(5,6)7)23-25-43(41)48/h8-31H,1-7H3,(H,50,51). The predicted molar refractivity (Wildman–Crippen MR) is 216 cm³/mol. The van der Waals surface area contributed by atoms with Crippen LogP contribution in [-0.4, -0.2) is 15.2 Å².